The van der Waals surface area contributed by atoms with Crippen LogP contribution in [0.5, 0.6) is 0 Å². The highest BCUT2D eigenvalue weighted by Gasteiger charge is 2.36. The lowest BCUT2D eigenvalue weighted by atomic mass is 9.90. The summed E-state index contributed by atoms with van der Waals surface area (Å²) < 4.78 is 0. The number of hydrogen-bond acceptors (Lipinski definition) is 3. The molecular formula is C14H19N3O3. The molecule has 1 aliphatic heterocycles. The van der Waals surface area contributed by atoms with Gasteiger partial charge < -0.3 is 10.0 Å². The highest BCUT2D eigenvalue weighted by Crippen LogP contribution is 2.39. The third-order valence-electron chi connectivity index (χ3n) is 4.40. The summed E-state index contributed by atoms with van der Waals surface area (Å²) in [6, 6.07) is 1.53. The number of aliphatic carboxylic acids is 1. The van der Waals surface area contributed by atoms with Crippen molar-refractivity contribution in [3.05, 3.63) is 17.5 Å². The molecule has 2 atom stereocenters. The van der Waals surface area contributed by atoms with E-state index in [1.165, 1.54) is 0 Å². The van der Waals surface area contributed by atoms with Crippen LogP contribution in [0.4, 0.5) is 0 Å². The smallest absolute Gasteiger partial charge is 0.308 e. The summed E-state index contributed by atoms with van der Waals surface area (Å²) in [4.78, 5) is 25.3. The number of hydrogen-bond donors (Lipinski definition) is 2. The lowest BCUT2D eigenvalue weighted by molar-refractivity contribution is -0.144. The average molecular weight is 277 g/mol. The fraction of sp³-hybridized carbons (Fsp3) is 0.643. The predicted molar refractivity (Wildman–Crippen MR) is 71.4 cm³/mol. The molecule has 0 unspecified atom stereocenters. The molecule has 1 amide bonds. The first-order valence-corrected chi connectivity index (χ1v) is 7.17. The van der Waals surface area contributed by atoms with Crippen LogP contribution < -0.4 is 0 Å². The maximum Gasteiger partial charge on any atom is 0.308 e. The molecule has 108 valence electrons. The molecule has 20 heavy (non-hydrogen) atoms. The summed E-state index contributed by atoms with van der Waals surface area (Å²) in [7, 11) is 0. The van der Waals surface area contributed by atoms with Gasteiger partial charge >= 0.3 is 5.97 Å². The number of aromatic nitrogens is 2. The number of rotatable bonds is 3. The maximum atomic E-state index is 12.5. The SMILES string of the molecule is C[C@@H]1[C@H](C(=O)O)CCCN1C(=O)c1cc(C2CC2)[nH]n1. The van der Waals surface area contributed by atoms with E-state index in [4.69, 9.17) is 0 Å². The van der Waals surface area contributed by atoms with Crippen molar-refractivity contribution in [3.8, 4) is 0 Å². The Balaban J connectivity index is 1.76. The zero-order chi connectivity index (χ0) is 14.3. The summed E-state index contributed by atoms with van der Waals surface area (Å²) in [5, 5.41) is 16.2. The zero-order valence-electron chi connectivity index (χ0n) is 11.5. The molecule has 1 saturated carbocycles. The van der Waals surface area contributed by atoms with Crippen LogP contribution >= 0.6 is 0 Å². The second-order valence-corrected chi connectivity index (χ2v) is 5.81. The van der Waals surface area contributed by atoms with Gasteiger partial charge in [0.1, 0.15) is 5.69 Å². The number of carbonyl (C=O) groups excluding carboxylic acids is 1. The summed E-state index contributed by atoms with van der Waals surface area (Å²) in [6.07, 6.45) is 3.66. The second kappa shape index (κ2) is 4.92. The third-order valence-corrected chi connectivity index (χ3v) is 4.40. The van der Waals surface area contributed by atoms with E-state index >= 15 is 0 Å². The molecule has 1 aromatic rings. The number of H-pyrrole nitrogens is 1. The lowest BCUT2D eigenvalue weighted by Gasteiger charge is -2.37. The van der Waals surface area contributed by atoms with Gasteiger partial charge in [0.05, 0.1) is 5.92 Å². The predicted octanol–water partition coefficient (Wildman–Crippen LogP) is 1.61. The van der Waals surface area contributed by atoms with Crippen molar-refractivity contribution in [2.45, 2.75) is 44.6 Å². The number of likely N-dealkylation sites (tertiary alicyclic amines) is 1. The zero-order valence-corrected chi connectivity index (χ0v) is 11.5. The number of carbonyl (C=O) groups is 2. The molecule has 1 aromatic heterocycles. The molecule has 1 saturated heterocycles. The van der Waals surface area contributed by atoms with Gasteiger partial charge in [0.15, 0.2) is 0 Å². The van der Waals surface area contributed by atoms with Crippen LogP contribution in [-0.4, -0.2) is 44.7 Å². The van der Waals surface area contributed by atoms with Crippen molar-refractivity contribution >= 4 is 11.9 Å². The molecule has 0 spiro atoms. The molecule has 2 N–H and O–H groups in total. The number of nitrogens with one attached hydrogen (secondary N) is 1. The minimum atomic E-state index is -0.823. The van der Waals surface area contributed by atoms with Gasteiger partial charge in [-0.25, -0.2) is 0 Å². The van der Waals surface area contributed by atoms with Gasteiger partial charge in [-0.05, 0) is 38.7 Å². The van der Waals surface area contributed by atoms with Crippen molar-refractivity contribution in [2.75, 3.05) is 6.54 Å². The third kappa shape index (κ3) is 2.30. The van der Waals surface area contributed by atoms with Crippen molar-refractivity contribution in [1.82, 2.24) is 15.1 Å². The Labute approximate surface area is 117 Å². The topological polar surface area (TPSA) is 86.3 Å². The van der Waals surface area contributed by atoms with Crippen molar-refractivity contribution < 1.29 is 14.7 Å². The van der Waals surface area contributed by atoms with Crippen molar-refractivity contribution in [1.29, 1.82) is 0 Å². The van der Waals surface area contributed by atoms with Gasteiger partial charge in [-0.15, -0.1) is 0 Å². The molecule has 2 aliphatic rings. The van der Waals surface area contributed by atoms with E-state index in [0.717, 1.165) is 25.0 Å². The van der Waals surface area contributed by atoms with Crippen LogP contribution in [-0.2, 0) is 4.79 Å². The highest BCUT2D eigenvalue weighted by molar-refractivity contribution is 5.93. The largest absolute Gasteiger partial charge is 0.481 e. The van der Waals surface area contributed by atoms with Crippen LogP contribution in [0.3, 0.4) is 0 Å². The Morgan fingerprint density at radius 2 is 2.15 bits per heavy atom. The Hall–Kier alpha value is -1.85. The Kier molecular flexibility index (Phi) is 3.23. The fourth-order valence-electron chi connectivity index (χ4n) is 2.96. The molecule has 0 radical (unpaired) electrons. The molecular weight excluding hydrogens is 258 g/mol. The molecule has 6 nitrogen and oxygen atoms in total. The lowest BCUT2D eigenvalue weighted by Crippen LogP contribution is -2.49. The summed E-state index contributed by atoms with van der Waals surface area (Å²) in [5.41, 5.74) is 1.43. The monoisotopic (exact) mass is 277 g/mol. The summed E-state index contributed by atoms with van der Waals surface area (Å²) in [5.74, 6) is -0.938. The fourth-order valence-corrected chi connectivity index (χ4v) is 2.96. The van der Waals surface area contributed by atoms with Gasteiger partial charge in [-0.2, -0.15) is 5.10 Å². The minimum Gasteiger partial charge on any atom is -0.481 e. The standard InChI is InChI=1S/C14H19N3O3/c1-8-10(14(19)20)3-2-6-17(8)13(18)12-7-11(15-16-12)9-4-5-9/h7-10H,2-6H2,1H3,(H,15,16)(H,19,20)/t8-,10-/m1/s1. The van der Waals surface area contributed by atoms with Crippen LogP contribution in [0.25, 0.3) is 0 Å². The van der Waals surface area contributed by atoms with E-state index in [9.17, 15) is 14.7 Å². The van der Waals surface area contributed by atoms with Crippen LogP contribution in [0.1, 0.15) is 54.7 Å². The molecule has 2 fully saturated rings. The molecule has 3 rings (SSSR count). The van der Waals surface area contributed by atoms with Crippen molar-refractivity contribution in [2.24, 2.45) is 5.92 Å². The number of nitrogens with zero attached hydrogens (tertiary/aromatic N) is 2. The van der Waals surface area contributed by atoms with E-state index in [0.29, 0.717) is 24.6 Å². The first-order chi connectivity index (χ1) is 9.58. The number of aromatic amines is 1. The van der Waals surface area contributed by atoms with Gasteiger partial charge in [0, 0.05) is 24.2 Å². The highest BCUT2D eigenvalue weighted by atomic mass is 16.4. The van der Waals surface area contributed by atoms with Gasteiger partial charge in [0.2, 0.25) is 0 Å². The first kappa shape index (κ1) is 13.1. The average Bonchev–Trinajstić information content (AvgIpc) is 3.16. The Bertz CT molecular complexity index is 536. The van der Waals surface area contributed by atoms with E-state index < -0.39 is 11.9 Å². The molecule has 2 heterocycles. The van der Waals surface area contributed by atoms with Gasteiger partial charge in [-0.1, -0.05) is 0 Å². The van der Waals surface area contributed by atoms with Crippen molar-refractivity contribution in [3.63, 3.8) is 0 Å². The van der Waals surface area contributed by atoms with Crippen LogP contribution in [0.15, 0.2) is 6.07 Å². The number of amides is 1. The Morgan fingerprint density at radius 1 is 1.40 bits per heavy atom. The van der Waals surface area contributed by atoms with E-state index in [1.54, 1.807) is 4.90 Å². The second-order valence-electron chi connectivity index (χ2n) is 5.81. The van der Waals surface area contributed by atoms with Gasteiger partial charge in [0.25, 0.3) is 5.91 Å². The van der Waals surface area contributed by atoms with Crippen LogP contribution in [0.2, 0.25) is 0 Å². The van der Waals surface area contributed by atoms with E-state index in [-0.39, 0.29) is 11.9 Å². The molecule has 0 aromatic carbocycles. The summed E-state index contributed by atoms with van der Waals surface area (Å²) >= 11 is 0. The molecule has 0 bridgehead atoms. The van der Waals surface area contributed by atoms with Gasteiger partial charge in [-0.3, -0.25) is 14.7 Å². The van der Waals surface area contributed by atoms with Crippen LogP contribution in [0, 0.1) is 5.92 Å². The minimum absolute atomic E-state index is 0.161. The Morgan fingerprint density at radius 3 is 2.80 bits per heavy atom. The number of carboxylic acid groups (broad SMARTS) is 1. The summed E-state index contributed by atoms with van der Waals surface area (Å²) in [6.45, 7) is 2.42. The number of carboxylic acids is 1. The molecule has 1 aliphatic carbocycles. The normalized spacial score (nSPS) is 26.6. The first-order valence-electron chi connectivity index (χ1n) is 7.17. The van der Waals surface area contributed by atoms with E-state index in [2.05, 4.69) is 10.2 Å². The number of piperidine rings is 1. The maximum absolute atomic E-state index is 12.5. The quantitative estimate of drug-likeness (QED) is 0.878. The van der Waals surface area contributed by atoms with E-state index in [1.807, 2.05) is 13.0 Å². The molecule has 6 heteroatoms.